The van der Waals surface area contributed by atoms with Crippen LogP contribution in [-0.2, 0) is 0 Å². The Labute approximate surface area is 90.6 Å². The highest BCUT2D eigenvalue weighted by atomic mass is 19.4. The maximum atomic E-state index is 12.6. The minimum Gasteiger partial charge on any atom is -0.231 e. The van der Waals surface area contributed by atoms with Gasteiger partial charge in [-0.3, -0.25) is 0 Å². The van der Waals surface area contributed by atoms with Gasteiger partial charge >= 0.3 is 23.9 Å². The first-order chi connectivity index (χ1) is 7.60. The molecular weight excluding hydrogens is 300 g/mol. The maximum absolute atomic E-state index is 12.6. The van der Waals surface area contributed by atoms with Crippen LogP contribution < -0.4 is 0 Å². The molecule has 0 aromatic heterocycles. The van der Waals surface area contributed by atoms with Gasteiger partial charge in [0.25, 0.3) is 12.6 Å². The average Bonchev–Trinajstić information content (AvgIpc) is 2.11. The Morgan fingerprint density at radius 1 is 0.611 bits per heavy atom. The standard InChI is InChI=1S/C6H2F12/c7-1(5(13,14)15)4(11,12)3(10,2(8)9)6(16,17)18/h1-2H. The molecule has 0 N–H and O–H groups in total. The summed E-state index contributed by atoms with van der Waals surface area (Å²) in [6, 6.07) is 0. The van der Waals surface area contributed by atoms with Crippen LogP contribution in [0.5, 0.6) is 0 Å². The molecule has 0 heterocycles. The summed E-state index contributed by atoms with van der Waals surface area (Å²) in [4.78, 5) is 0. The Balaban J connectivity index is 5.80. The van der Waals surface area contributed by atoms with E-state index >= 15 is 0 Å². The molecule has 0 aromatic rings. The van der Waals surface area contributed by atoms with Crippen molar-refractivity contribution in [1.82, 2.24) is 0 Å². The Morgan fingerprint density at radius 3 is 1.11 bits per heavy atom. The normalized spacial score (nSPS) is 19.8. The zero-order valence-electron chi connectivity index (χ0n) is 7.69. The van der Waals surface area contributed by atoms with Gasteiger partial charge in [0.1, 0.15) is 0 Å². The summed E-state index contributed by atoms with van der Waals surface area (Å²) in [5.41, 5.74) is -6.95. The van der Waals surface area contributed by atoms with Crippen LogP contribution in [0.2, 0.25) is 0 Å². The third-order valence-electron chi connectivity index (χ3n) is 1.80. The van der Waals surface area contributed by atoms with E-state index in [9.17, 15) is 52.7 Å². The fourth-order valence-corrected chi connectivity index (χ4v) is 0.848. The molecule has 0 bridgehead atoms. The molecule has 2 atom stereocenters. The van der Waals surface area contributed by atoms with Gasteiger partial charge in [-0.05, 0) is 0 Å². The summed E-state index contributed by atoms with van der Waals surface area (Å²) in [6.07, 6.45) is -25.1. The number of hydrogen-bond donors (Lipinski definition) is 0. The molecular formula is C6H2F12. The summed E-state index contributed by atoms with van der Waals surface area (Å²) in [5.74, 6) is -7.03. The Bertz CT molecular complexity index is 286. The molecule has 0 saturated heterocycles. The number of hydrogen-bond acceptors (Lipinski definition) is 0. The lowest BCUT2D eigenvalue weighted by Crippen LogP contribution is -2.66. The average molecular weight is 302 g/mol. The molecule has 12 heteroatoms. The van der Waals surface area contributed by atoms with Crippen molar-refractivity contribution in [1.29, 1.82) is 0 Å². The molecule has 0 saturated carbocycles. The van der Waals surface area contributed by atoms with Crippen molar-refractivity contribution < 1.29 is 52.7 Å². The molecule has 110 valence electrons. The lowest BCUT2D eigenvalue weighted by Gasteiger charge is -2.36. The number of rotatable bonds is 3. The lowest BCUT2D eigenvalue weighted by molar-refractivity contribution is -0.369. The number of alkyl halides is 12. The third kappa shape index (κ3) is 2.46. The molecule has 0 radical (unpaired) electrons. The highest BCUT2D eigenvalue weighted by molar-refractivity contribution is 5.07. The second-order valence-corrected chi connectivity index (χ2v) is 3.04. The van der Waals surface area contributed by atoms with E-state index in [1.165, 1.54) is 0 Å². The zero-order chi connectivity index (χ0) is 15.2. The molecule has 0 aliphatic rings. The van der Waals surface area contributed by atoms with Gasteiger partial charge in [-0.15, -0.1) is 0 Å². The Morgan fingerprint density at radius 2 is 0.944 bits per heavy atom. The smallest absolute Gasteiger partial charge is 0.231 e. The predicted octanol–water partition coefficient (Wildman–Crippen LogP) is 4.06. The Kier molecular flexibility index (Phi) is 4.16. The molecule has 0 aromatic carbocycles. The van der Waals surface area contributed by atoms with Gasteiger partial charge in [0.15, 0.2) is 0 Å². The molecule has 0 aliphatic carbocycles. The van der Waals surface area contributed by atoms with Gasteiger partial charge in [0.05, 0.1) is 0 Å². The van der Waals surface area contributed by atoms with E-state index in [0.29, 0.717) is 0 Å². The summed E-state index contributed by atoms with van der Waals surface area (Å²) in [7, 11) is 0. The van der Waals surface area contributed by atoms with Crippen LogP contribution in [0.15, 0.2) is 0 Å². The second kappa shape index (κ2) is 4.37. The largest absolute Gasteiger partial charge is 0.434 e. The number of halogens is 12. The van der Waals surface area contributed by atoms with Gasteiger partial charge in [0.2, 0.25) is 0 Å². The highest BCUT2D eigenvalue weighted by Crippen LogP contribution is 2.53. The van der Waals surface area contributed by atoms with Crippen LogP contribution in [-0.4, -0.2) is 36.5 Å². The molecule has 0 rings (SSSR count). The van der Waals surface area contributed by atoms with E-state index in [2.05, 4.69) is 0 Å². The maximum Gasteiger partial charge on any atom is 0.434 e. The van der Waals surface area contributed by atoms with Crippen molar-refractivity contribution in [2.45, 2.75) is 36.5 Å². The summed E-state index contributed by atoms with van der Waals surface area (Å²) < 4.78 is 143. The van der Waals surface area contributed by atoms with Gasteiger partial charge < -0.3 is 0 Å². The first-order valence-corrected chi connectivity index (χ1v) is 3.72. The fraction of sp³-hybridized carbons (Fsp3) is 1.00. The quantitative estimate of drug-likeness (QED) is 0.690. The van der Waals surface area contributed by atoms with E-state index in [1.54, 1.807) is 0 Å². The van der Waals surface area contributed by atoms with Gasteiger partial charge in [-0.2, -0.15) is 35.1 Å². The van der Waals surface area contributed by atoms with Crippen LogP contribution in [0.3, 0.4) is 0 Å². The van der Waals surface area contributed by atoms with Crippen molar-refractivity contribution in [2.24, 2.45) is 0 Å². The van der Waals surface area contributed by atoms with E-state index in [0.717, 1.165) is 0 Å². The second-order valence-electron chi connectivity index (χ2n) is 3.04. The Hall–Kier alpha value is -0.840. The summed E-state index contributed by atoms with van der Waals surface area (Å²) in [6.45, 7) is 0. The predicted molar refractivity (Wildman–Crippen MR) is 31.8 cm³/mol. The van der Waals surface area contributed by atoms with E-state index < -0.39 is 36.5 Å². The van der Waals surface area contributed by atoms with Crippen molar-refractivity contribution in [3.63, 3.8) is 0 Å². The molecule has 0 nitrogen and oxygen atoms in total. The van der Waals surface area contributed by atoms with Crippen LogP contribution >= 0.6 is 0 Å². The zero-order valence-corrected chi connectivity index (χ0v) is 7.69. The van der Waals surface area contributed by atoms with Crippen LogP contribution in [0.1, 0.15) is 0 Å². The van der Waals surface area contributed by atoms with Crippen molar-refractivity contribution in [3.05, 3.63) is 0 Å². The van der Waals surface area contributed by atoms with Gasteiger partial charge in [-0.1, -0.05) is 0 Å². The van der Waals surface area contributed by atoms with Crippen LogP contribution in [0.4, 0.5) is 52.7 Å². The van der Waals surface area contributed by atoms with Crippen molar-refractivity contribution >= 4 is 0 Å². The van der Waals surface area contributed by atoms with Gasteiger partial charge in [0, 0.05) is 0 Å². The third-order valence-corrected chi connectivity index (χ3v) is 1.80. The monoisotopic (exact) mass is 302 g/mol. The highest BCUT2D eigenvalue weighted by Gasteiger charge is 2.82. The first kappa shape index (κ1) is 17.2. The summed E-state index contributed by atoms with van der Waals surface area (Å²) in [5, 5.41) is 0. The van der Waals surface area contributed by atoms with Crippen molar-refractivity contribution in [2.75, 3.05) is 0 Å². The summed E-state index contributed by atoms with van der Waals surface area (Å²) >= 11 is 0. The fourth-order valence-electron chi connectivity index (χ4n) is 0.848. The minimum absolute atomic E-state index is 5.60. The van der Waals surface area contributed by atoms with Crippen LogP contribution in [0.25, 0.3) is 0 Å². The topological polar surface area (TPSA) is 0 Å². The molecule has 0 amide bonds. The molecule has 2 unspecified atom stereocenters. The molecule has 0 aliphatic heterocycles. The molecule has 18 heavy (non-hydrogen) atoms. The first-order valence-electron chi connectivity index (χ1n) is 3.72. The SMILES string of the molecule is FC(C(F)(F)F)C(F)(F)C(F)(C(F)F)C(F)(F)F. The molecule has 0 fully saturated rings. The van der Waals surface area contributed by atoms with Crippen LogP contribution in [0, 0.1) is 0 Å². The van der Waals surface area contributed by atoms with E-state index in [-0.39, 0.29) is 0 Å². The van der Waals surface area contributed by atoms with Gasteiger partial charge in [-0.25, -0.2) is 17.6 Å². The molecule has 0 spiro atoms. The van der Waals surface area contributed by atoms with E-state index in [1.807, 2.05) is 0 Å². The van der Waals surface area contributed by atoms with E-state index in [4.69, 9.17) is 0 Å². The minimum atomic E-state index is -7.10. The lowest BCUT2D eigenvalue weighted by atomic mass is 9.93. The van der Waals surface area contributed by atoms with Crippen molar-refractivity contribution in [3.8, 4) is 0 Å².